The fourth-order valence-electron chi connectivity index (χ4n) is 2.97. The number of halogens is 1. The number of hydrogen-bond acceptors (Lipinski definition) is 6. The molecule has 8 nitrogen and oxygen atoms in total. The lowest BCUT2D eigenvalue weighted by Crippen LogP contribution is -2.16. The summed E-state index contributed by atoms with van der Waals surface area (Å²) in [5.74, 6) is 1.78. The van der Waals surface area contributed by atoms with E-state index >= 15 is 0 Å². The lowest BCUT2D eigenvalue weighted by atomic mass is 10.1. The van der Waals surface area contributed by atoms with Gasteiger partial charge in [0.25, 0.3) is 5.91 Å². The SMILES string of the molecule is CCS(=O)(=O)Nc1cccc(Oc2cncc(Nc3ccc(C#C[Si](C)(C)C)cc3F)c2C(N)=O)c1. The quantitative estimate of drug-likeness (QED) is 0.285. The van der Waals surface area contributed by atoms with E-state index in [4.69, 9.17) is 10.5 Å². The highest BCUT2D eigenvalue weighted by Gasteiger charge is 2.18. The Labute approximate surface area is 211 Å². The number of carbonyl (C=O) groups excluding carboxylic acids is 1. The molecular weight excluding hydrogens is 499 g/mol. The molecule has 0 aliphatic carbocycles. The Bertz CT molecular complexity index is 1460. The van der Waals surface area contributed by atoms with Gasteiger partial charge in [-0.1, -0.05) is 31.6 Å². The molecule has 0 saturated heterocycles. The minimum absolute atomic E-state index is 0.0148. The highest BCUT2D eigenvalue weighted by Crippen LogP contribution is 2.32. The summed E-state index contributed by atoms with van der Waals surface area (Å²) >= 11 is 0. The van der Waals surface area contributed by atoms with Crippen LogP contribution in [0.25, 0.3) is 0 Å². The topological polar surface area (TPSA) is 123 Å². The van der Waals surface area contributed by atoms with Crippen LogP contribution in [0.3, 0.4) is 0 Å². The Kier molecular flexibility index (Phi) is 8.02. The van der Waals surface area contributed by atoms with E-state index in [2.05, 4.69) is 46.1 Å². The van der Waals surface area contributed by atoms with Crippen LogP contribution in [0.4, 0.5) is 21.5 Å². The summed E-state index contributed by atoms with van der Waals surface area (Å²) in [6.07, 6.45) is 2.62. The Morgan fingerprint density at radius 2 is 1.89 bits per heavy atom. The van der Waals surface area contributed by atoms with Gasteiger partial charge in [-0.3, -0.25) is 14.5 Å². The minimum atomic E-state index is -3.49. The van der Waals surface area contributed by atoms with Crippen LogP contribution in [0, 0.1) is 17.3 Å². The number of rotatable bonds is 8. The molecule has 2 aromatic carbocycles. The second kappa shape index (κ2) is 10.8. The van der Waals surface area contributed by atoms with Crippen molar-refractivity contribution < 1.29 is 22.3 Å². The van der Waals surface area contributed by atoms with Crippen LogP contribution in [-0.2, 0) is 10.0 Å². The number of anilines is 3. The first-order chi connectivity index (χ1) is 16.9. The zero-order valence-corrected chi connectivity index (χ0v) is 22.2. The summed E-state index contributed by atoms with van der Waals surface area (Å²) in [4.78, 5) is 16.4. The number of carbonyl (C=O) groups is 1. The van der Waals surface area contributed by atoms with Gasteiger partial charge in [0.1, 0.15) is 25.2 Å². The number of ether oxygens (including phenoxy) is 1. The van der Waals surface area contributed by atoms with Gasteiger partial charge in [-0.25, -0.2) is 12.8 Å². The molecule has 0 atom stereocenters. The summed E-state index contributed by atoms with van der Waals surface area (Å²) in [5, 5.41) is 2.85. The fourth-order valence-corrected chi connectivity index (χ4v) is 4.12. The molecule has 0 aliphatic rings. The maximum Gasteiger partial charge on any atom is 0.254 e. The van der Waals surface area contributed by atoms with Crippen LogP contribution in [0.2, 0.25) is 19.6 Å². The van der Waals surface area contributed by atoms with Crippen molar-refractivity contribution in [2.75, 3.05) is 15.8 Å². The monoisotopic (exact) mass is 526 g/mol. The highest BCUT2D eigenvalue weighted by molar-refractivity contribution is 7.92. The van der Waals surface area contributed by atoms with E-state index < -0.39 is 29.8 Å². The molecular formula is C25H27FN4O4SSi. The first kappa shape index (κ1) is 26.7. The zero-order valence-electron chi connectivity index (χ0n) is 20.3. The summed E-state index contributed by atoms with van der Waals surface area (Å²) in [6, 6.07) is 10.7. The van der Waals surface area contributed by atoms with Crippen molar-refractivity contribution in [3.63, 3.8) is 0 Å². The molecule has 3 rings (SSSR count). The third kappa shape index (κ3) is 7.31. The molecule has 36 heavy (non-hydrogen) atoms. The molecule has 0 bridgehead atoms. The van der Waals surface area contributed by atoms with Gasteiger partial charge < -0.3 is 15.8 Å². The van der Waals surface area contributed by atoms with E-state index in [1.807, 2.05) is 0 Å². The van der Waals surface area contributed by atoms with Gasteiger partial charge in [-0.05, 0) is 37.3 Å². The molecule has 4 N–H and O–H groups in total. The number of pyridine rings is 1. The van der Waals surface area contributed by atoms with Crippen molar-refractivity contribution in [1.29, 1.82) is 0 Å². The van der Waals surface area contributed by atoms with Crippen molar-refractivity contribution in [2.24, 2.45) is 5.73 Å². The molecule has 188 valence electrons. The van der Waals surface area contributed by atoms with Gasteiger partial charge in [-0.15, -0.1) is 5.54 Å². The summed E-state index contributed by atoms with van der Waals surface area (Å²) < 4.78 is 46.8. The Balaban J connectivity index is 1.91. The van der Waals surface area contributed by atoms with E-state index in [9.17, 15) is 17.6 Å². The molecule has 1 heterocycles. The molecule has 11 heteroatoms. The second-order valence-electron chi connectivity index (χ2n) is 8.88. The van der Waals surface area contributed by atoms with E-state index in [0.29, 0.717) is 5.56 Å². The average molecular weight is 527 g/mol. The summed E-state index contributed by atoms with van der Waals surface area (Å²) in [6.45, 7) is 7.81. The van der Waals surface area contributed by atoms with Crippen molar-refractivity contribution in [2.45, 2.75) is 26.6 Å². The number of hydrogen-bond donors (Lipinski definition) is 3. The van der Waals surface area contributed by atoms with Crippen LogP contribution >= 0.6 is 0 Å². The molecule has 0 aliphatic heterocycles. The molecule has 0 saturated carbocycles. The number of nitrogens with two attached hydrogens (primary N) is 1. The predicted molar refractivity (Wildman–Crippen MR) is 142 cm³/mol. The first-order valence-corrected chi connectivity index (χ1v) is 16.2. The van der Waals surface area contributed by atoms with Crippen LogP contribution < -0.4 is 20.5 Å². The lowest BCUT2D eigenvalue weighted by molar-refractivity contribution is 0.0999. The van der Waals surface area contributed by atoms with Crippen molar-refractivity contribution in [3.8, 4) is 23.0 Å². The van der Waals surface area contributed by atoms with Gasteiger partial charge in [-0.2, -0.15) is 0 Å². The Morgan fingerprint density at radius 1 is 1.14 bits per heavy atom. The molecule has 1 amide bonds. The normalized spacial score (nSPS) is 11.2. The molecule has 1 aromatic heterocycles. The zero-order chi connectivity index (χ0) is 26.5. The summed E-state index contributed by atoms with van der Waals surface area (Å²) in [5.41, 5.74) is 9.82. The van der Waals surface area contributed by atoms with Crippen LogP contribution in [0.1, 0.15) is 22.8 Å². The number of nitrogens with one attached hydrogen (secondary N) is 2. The molecule has 0 unspecified atom stereocenters. The van der Waals surface area contributed by atoms with Crippen LogP contribution in [0.5, 0.6) is 11.5 Å². The third-order valence-corrected chi connectivity index (χ3v) is 6.87. The minimum Gasteiger partial charge on any atom is -0.455 e. The van der Waals surface area contributed by atoms with Gasteiger partial charge in [0.05, 0.1) is 35.2 Å². The van der Waals surface area contributed by atoms with E-state index in [-0.39, 0.29) is 39.9 Å². The number of nitrogens with zero attached hydrogens (tertiary/aromatic N) is 1. The van der Waals surface area contributed by atoms with E-state index in [0.717, 1.165) is 0 Å². The first-order valence-electron chi connectivity index (χ1n) is 11.0. The third-order valence-electron chi connectivity index (χ3n) is 4.69. The molecule has 0 spiro atoms. The highest BCUT2D eigenvalue weighted by atomic mass is 32.2. The predicted octanol–water partition coefficient (Wildman–Crippen LogP) is 4.85. The second-order valence-corrected chi connectivity index (χ2v) is 15.6. The molecule has 3 aromatic rings. The average Bonchev–Trinajstić information content (AvgIpc) is 2.79. The number of primary amides is 1. The Morgan fingerprint density at radius 3 is 2.53 bits per heavy atom. The standard InChI is InChI=1S/C25H27FN4O4SSi/c1-5-35(32,33)30-18-7-6-8-19(14-18)34-23-16-28-15-22(24(23)25(27)31)29-21-10-9-17(13-20(21)26)11-12-36(2,3)4/h6-10,13-16,29-30H,5H2,1-4H3,(H2,27,31). The number of benzene rings is 2. The van der Waals surface area contributed by atoms with Crippen LogP contribution in [-0.4, -0.2) is 33.1 Å². The van der Waals surface area contributed by atoms with Crippen molar-refractivity contribution in [1.82, 2.24) is 4.98 Å². The number of sulfonamides is 1. The van der Waals surface area contributed by atoms with Gasteiger partial charge in [0.15, 0.2) is 5.75 Å². The van der Waals surface area contributed by atoms with Gasteiger partial charge in [0, 0.05) is 11.6 Å². The Hall–Kier alpha value is -3.88. The smallest absolute Gasteiger partial charge is 0.254 e. The lowest BCUT2D eigenvalue weighted by Gasteiger charge is -2.15. The van der Waals surface area contributed by atoms with Crippen LogP contribution in [0.15, 0.2) is 54.9 Å². The van der Waals surface area contributed by atoms with E-state index in [1.165, 1.54) is 37.5 Å². The van der Waals surface area contributed by atoms with Crippen molar-refractivity contribution in [3.05, 3.63) is 71.8 Å². The summed E-state index contributed by atoms with van der Waals surface area (Å²) in [7, 11) is -5.10. The largest absolute Gasteiger partial charge is 0.455 e. The maximum atomic E-state index is 14.8. The number of aromatic nitrogens is 1. The molecule has 0 fully saturated rings. The fraction of sp³-hybridized carbons (Fsp3) is 0.200. The van der Waals surface area contributed by atoms with Gasteiger partial charge >= 0.3 is 0 Å². The van der Waals surface area contributed by atoms with Gasteiger partial charge in [0.2, 0.25) is 10.0 Å². The molecule has 0 radical (unpaired) electrons. The number of amides is 1. The van der Waals surface area contributed by atoms with Crippen molar-refractivity contribution >= 4 is 41.1 Å². The maximum absolute atomic E-state index is 14.8. The van der Waals surface area contributed by atoms with E-state index in [1.54, 1.807) is 24.3 Å².